The minimum atomic E-state index is -1.01. The van der Waals surface area contributed by atoms with Gasteiger partial charge in [0.05, 0.1) is 73.2 Å². The maximum atomic E-state index is 11.0. The van der Waals surface area contributed by atoms with Crippen molar-refractivity contribution in [2.75, 3.05) is 6.54 Å². The van der Waals surface area contributed by atoms with E-state index in [2.05, 4.69) is 4.99 Å². The van der Waals surface area contributed by atoms with E-state index in [1.807, 2.05) is 113 Å². The normalized spacial score (nSPS) is 18.4. The minimum Gasteiger partial charge on any atom is -0.478 e. The van der Waals surface area contributed by atoms with E-state index >= 15 is 0 Å². The number of rotatable bonds is 44. The molecule has 14 atom stereocenters. The quantitative estimate of drug-likeness (QED) is 0.00799. The van der Waals surface area contributed by atoms with Crippen molar-refractivity contribution >= 4 is 17.7 Å². The average Bonchev–Trinajstić information content (AvgIpc) is 3.39. The van der Waals surface area contributed by atoms with E-state index in [4.69, 9.17) is 16.6 Å². The van der Waals surface area contributed by atoms with Crippen LogP contribution >= 0.6 is 0 Å². The summed E-state index contributed by atoms with van der Waals surface area (Å²) in [6.45, 7) is 11.1. The van der Waals surface area contributed by atoms with Gasteiger partial charge in [-0.2, -0.15) is 0 Å². The minimum absolute atomic E-state index is 0.00129. The zero-order chi connectivity index (χ0) is 63.0. The van der Waals surface area contributed by atoms with Crippen LogP contribution in [0, 0.1) is 17.8 Å². The number of hydrogen-bond acceptors (Lipinski definition) is 15. The van der Waals surface area contributed by atoms with Crippen LogP contribution in [0.5, 0.6) is 0 Å². The smallest absolute Gasteiger partial charge is 0.331 e. The molecule has 18 heteroatoms. The van der Waals surface area contributed by atoms with Crippen LogP contribution in [0.1, 0.15) is 131 Å². The Kier molecular flexibility index (Phi) is 48.9. The summed E-state index contributed by atoms with van der Waals surface area (Å²) in [4.78, 5) is 25.5. The van der Waals surface area contributed by atoms with Gasteiger partial charge in [-0.05, 0) is 84.0 Å². The highest BCUT2D eigenvalue weighted by molar-refractivity contribution is 5.86. The lowest BCUT2D eigenvalue weighted by atomic mass is 9.88. The molecule has 0 spiro atoms. The van der Waals surface area contributed by atoms with Gasteiger partial charge in [-0.15, -0.1) is 0 Å². The Morgan fingerprint density at radius 3 is 1.42 bits per heavy atom. The number of nitrogens with zero attached hydrogens (tertiary/aromatic N) is 1. The molecule has 0 saturated heterocycles. The van der Waals surface area contributed by atoms with Crippen LogP contribution in [0.3, 0.4) is 0 Å². The van der Waals surface area contributed by atoms with Gasteiger partial charge in [0.1, 0.15) is 5.78 Å². The predicted molar refractivity (Wildman–Crippen MR) is 332 cm³/mol. The molecule has 83 heavy (non-hydrogen) atoms. The molecule has 0 aromatic heterocycles. The van der Waals surface area contributed by atoms with Crippen molar-refractivity contribution in [1.29, 1.82) is 0 Å². The number of carbonyl (C=O) groups excluding carboxylic acids is 1. The van der Waals surface area contributed by atoms with Gasteiger partial charge in [0.15, 0.2) is 5.96 Å². The van der Waals surface area contributed by atoms with Crippen LogP contribution in [-0.4, -0.2) is 164 Å². The first kappa shape index (κ1) is 79.6. The molecule has 470 valence electrons. The van der Waals surface area contributed by atoms with Crippen molar-refractivity contribution in [1.82, 2.24) is 0 Å². The molecule has 0 aliphatic rings. The molecule has 0 radical (unpaired) electrons. The van der Waals surface area contributed by atoms with Crippen LogP contribution in [0.4, 0.5) is 0 Å². The van der Waals surface area contributed by atoms with E-state index in [9.17, 15) is 70.9 Å². The highest BCUT2D eigenvalue weighted by atomic mass is 16.4. The third-order valence-corrected chi connectivity index (χ3v) is 12.6. The number of allylic oxidation sites excluding steroid dienone is 16. The summed E-state index contributed by atoms with van der Waals surface area (Å²) in [7, 11) is 0. The Morgan fingerprint density at radius 2 is 0.916 bits per heavy atom. The molecule has 0 saturated carbocycles. The van der Waals surface area contributed by atoms with Gasteiger partial charge in [-0.1, -0.05) is 180 Å². The predicted octanol–water partition coefficient (Wildman–Crippen LogP) is 6.26. The first-order valence-corrected chi connectivity index (χ1v) is 28.9. The number of aliphatic hydroxyl groups excluding tert-OH is 12. The Balaban J connectivity index is 0. The molecule has 17 N–H and O–H groups in total. The third-order valence-electron chi connectivity index (χ3n) is 12.6. The number of carboxylic acids is 1. The number of carbonyl (C=O) groups is 2. The second kappa shape index (κ2) is 51.0. The van der Waals surface area contributed by atoms with Gasteiger partial charge in [-0.3, -0.25) is 9.79 Å². The standard InChI is InChI=1S/C35H50O5.C30H55N3O10/c1-28(2)32(36)26-22-18-14-9-7-6-8-10-15-19-23-27-33(37)31(5)34(38)29(3)24-20-16-12-11-13-17-21-25-30(4)35(39)40;1-20(34)14-28(42)17-24(38)9-4-11-26(40)19-29(43)18-25(39)10-3-8-22(36)15-21(35)6-2-7-23(37)16-27(41)12-5-13-33-30(31)32/h6-11,13-15,17-25,27-29,31-34,36-38H,12,16,26H2,1-5H3,(H,39,40);2-4,6,9-10,21-29,35-43H,5,7-8,11-19H2,1H3,(H4,31,32,33)/b7-6+,10-8+,13-11+,14-9+,19-15+,21-17+,22-18+,24-20+,27-23+,30-25+;6-2+,9-4+,10-3+. The second-order valence-electron chi connectivity index (χ2n) is 21.2. The number of guanidine groups is 1. The van der Waals surface area contributed by atoms with Gasteiger partial charge in [-0.25, -0.2) is 4.79 Å². The molecule has 14 unspecified atom stereocenters. The van der Waals surface area contributed by atoms with Crippen LogP contribution < -0.4 is 11.5 Å². The molecule has 0 heterocycles. The van der Waals surface area contributed by atoms with E-state index < -0.39 is 73.1 Å². The molecule has 0 fully saturated rings. The van der Waals surface area contributed by atoms with E-state index in [1.165, 1.54) is 37.3 Å². The molecular weight excluding hydrogens is 1060 g/mol. The second-order valence-corrected chi connectivity index (χ2v) is 21.2. The maximum absolute atomic E-state index is 11.0. The van der Waals surface area contributed by atoms with Crippen LogP contribution in [-0.2, 0) is 9.59 Å². The van der Waals surface area contributed by atoms with E-state index in [1.54, 1.807) is 43.4 Å². The van der Waals surface area contributed by atoms with Crippen molar-refractivity contribution < 1.29 is 76.0 Å². The fourth-order valence-corrected chi connectivity index (χ4v) is 7.57. The number of aliphatic carboxylic acids is 1. The monoisotopic (exact) mass is 1170 g/mol. The van der Waals surface area contributed by atoms with Gasteiger partial charge < -0.3 is 77.9 Å². The fraction of sp³-hybridized carbons (Fsp3) is 0.554. The lowest BCUT2D eigenvalue weighted by molar-refractivity contribution is -0.132. The van der Waals surface area contributed by atoms with E-state index in [0.717, 1.165) is 12.8 Å². The number of aliphatic imine (C=N–C) groups is 1. The lowest BCUT2D eigenvalue weighted by Crippen LogP contribution is -2.32. The summed E-state index contributed by atoms with van der Waals surface area (Å²) >= 11 is 0. The third kappa shape index (κ3) is 50.8. The fourth-order valence-electron chi connectivity index (χ4n) is 7.57. The van der Waals surface area contributed by atoms with Crippen molar-refractivity contribution in [2.45, 2.75) is 205 Å². The van der Waals surface area contributed by atoms with E-state index in [-0.39, 0.29) is 99.0 Å². The van der Waals surface area contributed by atoms with Gasteiger partial charge in [0, 0.05) is 49.6 Å². The number of hydrogen-bond donors (Lipinski definition) is 15. The van der Waals surface area contributed by atoms with Crippen LogP contribution in [0.2, 0.25) is 0 Å². The SMILES string of the molecule is CC(=O)CC(O)CC(O)/C=C/CC(O)CC(O)CC(O)/C=C/CC(O)CC(O)/C=C/CC(O)CC(O)CCCN=C(N)N.C\C(=C/C=C/C=C/CC/C=C/C(C)C(O)C(C)C(O)/C=C/C=C/C=C/C=C/C=C/C=C/CC(O)C(C)C)C(=O)O. The maximum Gasteiger partial charge on any atom is 0.331 e. The Labute approximate surface area is 494 Å². The molecule has 0 aliphatic heterocycles. The molecule has 18 nitrogen and oxygen atoms in total. The number of ketones is 1. The van der Waals surface area contributed by atoms with E-state index in [0.29, 0.717) is 25.8 Å². The van der Waals surface area contributed by atoms with Gasteiger partial charge >= 0.3 is 5.97 Å². The van der Waals surface area contributed by atoms with Gasteiger partial charge in [0.2, 0.25) is 0 Å². The molecule has 0 aromatic carbocycles. The zero-order valence-corrected chi connectivity index (χ0v) is 49.9. The first-order valence-electron chi connectivity index (χ1n) is 28.9. The Bertz CT molecular complexity index is 2130. The summed E-state index contributed by atoms with van der Waals surface area (Å²) in [5.74, 6) is -1.26. The Morgan fingerprint density at radius 1 is 0.470 bits per heavy atom. The van der Waals surface area contributed by atoms with Crippen LogP contribution in [0.15, 0.2) is 162 Å². The lowest BCUT2D eigenvalue weighted by Gasteiger charge is -2.25. The van der Waals surface area contributed by atoms with Crippen molar-refractivity contribution in [3.05, 3.63) is 157 Å². The number of Topliss-reactive ketones (excluding diaryl/α,β-unsaturated/α-hetero) is 1. The summed E-state index contributed by atoms with van der Waals surface area (Å²) in [6, 6.07) is 0. The van der Waals surface area contributed by atoms with Gasteiger partial charge in [0.25, 0.3) is 0 Å². The molecule has 0 aliphatic carbocycles. The number of carboxylic acid groups (broad SMARTS) is 1. The summed E-state index contributed by atoms with van der Waals surface area (Å²) in [5.41, 5.74) is 10.8. The number of unbranched alkanes of at least 4 members (excludes halogenated alkanes) is 1. The average molecular weight is 1170 g/mol. The highest BCUT2D eigenvalue weighted by Crippen LogP contribution is 2.20. The highest BCUT2D eigenvalue weighted by Gasteiger charge is 2.24. The first-order chi connectivity index (χ1) is 39.2. The Hall–Kier alpha value is -5.45. The molecule has 0 amide bonds. The largest absolute Gasteiger partial charge is 0.478 e. The molecular formula is C65H105N3O15. The van der Waals surface area contributed by atoms with Crippen molar-refractivity contribution in [3.8, 4) is 0 Å². The molecule has 0 bridgehead atoms. The number of nitrogens with two attached hydrogens (primary N) is 2. The number of aliphatic hydroxyl groups is 12. The summed E-state index contributed by atoms with van der Waals surface area (Å²) in [5, 5.41) is 130. The van der Waals surface area contributed by atoms with Crippen LogP contribution in [0.25, 0.3) is 0 Å². The van der Waals surface area contributed by atoms with Crippen molar-refractivity contribution in [3.63, 3.8) is 0 Å². The molecule has 0 aromatic rings. The summed E-state index contributed by atoms with van der Waals surface area (Å²) in [6.07, 6.45) is 38.5. The topological polar surface area (TPSA) is 362 Å². The zero-order valence-electron chi connectivity index (χ0n) is 49.9. The van der Waals surface area contributed by atoms with Crippen molar-refractivity contribution in [2.24, 2.45) is 34.2 Å². The molecule has 0 rings (SSSR count). The summed E-state index contributed by atoms with van der Waals surface area (Å²) < 4.78 is 0.